The van der Waals surface area contributed by atoms with Crippen LogP contribution in [0.3, 0.4) is 0 Å². The number of halogens is 2. The Morgan fingerprint density at radius 3 is 2.31 bits per heavy atom. The minimum atomic E-state index is 0.297. The Kier molecular flexibility index (Phi) is 4.99. The molecule has 0 spiro atoms. The highest BCUT2D eigenvalue weighted by Gasteiger charge is 2.09. The lowest BCUT2D eigenvalue weighted by Crippen LogP contribution is -1.97. The van der Waals surface area contributed by atoms with E-state index < -0.39 is 0 Å². The monoisotopic (exact) mass is 256 g/mol. The molecule has 86 valence electrons. The summed E-state index contributed by atoms with van der Waals surface area (Å²) in [5, 5.41) is 1.09. The molecule has 1 nitrogen and oxygen atoms in total. The van der Waals surface area contributed by atoms with Gasteiger partial charge in [-0.1, -0.05) is 30.1 Å². The molecule has 0 saturated heterocycles. The van der Waals surface area contributed by atoms with Crippen LogP contribution in [0, 0.1) is 17.8 Å². The lowest BCUT2D eigenvalue weighted by Gasteiger charge is -2.10. The van der Waals surface area contributed by atoms with E-state index in [0.29, 0.717) is 21.7 Å². The van der Waals surface area contributed by atoms with Crippen LogP contribution in [-0.2, 0) is 6.42 Å². The third-order valence-corrected chi connectivity index (χ3v) is 2.76. The van der Waals surface area contributed by atoms with Crippen LogP contribution in [0.2, 0.25) is 10.0 Å². The van der Waals surface area contributed by atoms with E-state index in [9.17, 15) is 0 Å². The van der Waals surface area contributed by atoms with E-state index in [-0.39, 0.29) is 0 Å². The fraction of sp³-hybridized carbons (Fsp3) is 0.385. The molecular weight excluding hydrogens is 243 g/mol. The van der Waals surface area contributed by atoms with Gasteiger partial charge in [-0.3, -0.25) is 0 Å². The van der Waals surface area contributed by atoms with Crippen molar-refractivity contribution in [2.24, 2.45) is 5.92 Å². The van der Waals surface area contributed by atoms with Gasteiger partial charge in [0.1, 0.15) is 0 Å². The van der Waals surface area contributed by atoms with Crippen LogP contribution in [0.4, 0.5) is 0 Å². The molecular formula is C13H14Cl2O. The molecule has 0 saturated carbocycles. The molecule has 1 rings (SSSR count). The molecule has 0 amide bonds. The van der Waals surface area contributed by atoms with Crippen molar-refractivity contribution in [1.29, 1.82) is 0 Å². The van der Waals surface area contributed by atoms with Gasteiger partial charge in [0.05, 0.1) is 17.2 Å². The van der Waals surface area contributed by atoms with Crippen LogP contribution in [0.15, 0.2) is 12.1 Å². The molecule has 0 N–H and O–H groups in total. The van der Waals surface area contributed by atoms with Crippen molar-refractivity contribution in [3.63, 3.8) is 0 Å². The predicted molar refractivity (Wildman–Crippen MR) is 69.3 cm³/mol. The highest BCUT2D eigenvalue weighted by molar-refractivity contribution is 6.37. The first-order valence-electron chi connectivity index (χ1n) is 5.02. The van der Waals surface area contributed by atoms with E-state index in [1.807, 2.05) is 19.1 Å². The van der Waals surface area contributed by atoms with Crippen LogP contribution in [0.1, 0.15) is 19.4 Å². The molecule has 1 atom stereocenters. The van der Waals surface area contributed by atoms with Crippen LogP contribution in [-0.4, -0.2) is 7.11 Å². The van der Waals surface area contributed by atoms with Gasteiger partial charge in [0.15, 0.2) is 5.75 Å². The van der Waals surface area contributed by atoms with Crippen LogP contribution < -0.4 is 4.74 Å². The number of methoxy groups -OCH3 is 1. The molecule has 1 aromatic carbocycles. The molecule has 0 fully saturated rings. The minimum absolute atomic E-state index is 0.297. The number of hydrogen-bond acceptors (Lipinski definition) is 1. The van der Waals surface area contributed by atoms with Crippen molar-refractivity contribution in [3.8, 4) is 17.6 Å². The summed E-state index contributed by atoms with van der Waals surface area (Å²) in [6.45, 7) is 3.91. The fourth-order valence-corrected chi connectivity index (χ4v) is 2.26. The van der Waals surface area contributed by atoms with Gasteiger partial charge in [0, 0.05) is 5.92 Å². The van der Waals surface area contributed by atoms with Crippen molar-refractivity contribution in [3.05, 3.63) is 27.7 Å². The Hall–Kier alpha value is -0.840. The molecule has 0 aromatic heterocycles. The van der Waals surface area contributed by atoms with Gasteiger partial charge in [-0.15, -0.1) is 11.8 Å². The zero-order valence-electron chi connectivity index (χ0n) is 9.60. The molecule has 1 aromatic rings. The molecule has 1 unspecified atom stereocenters. The highest BCUT2D eigenvalue weighted by Crippen LogP contribution is 2.34. The van der Waals surface area contributed by atoms with Gasteiger partial charge in [0.2, 0.25) is 0 Å². The van der Waals surface area contributed by atoms with E-state index in [1.54, 1.807) is 7.11 Å². The zero-order valence-corrected chi connectivity index (χ0v) is 11.1. The smallest absolute Gasteiger partial charge is 0.156 e. The average Bonchev–Trinajstić information content (AvgIpc) is 2.17. The number of rotatable bonds is 3. The van der Waals surface area contributed by atoms with Gasteiger partial charge in [-0.05, 0) is 31.0 Å². The normalized spacial score (nSPS) is 11.6. The fourth-order valence-electron chi connectivity index (χ4n) is 1.58. The first-order valence-corrected chi connectivity index (χ1v) is 5.78. The lowest BCUT2D eigenvalue weighted by atomic mass is 10.0. The standard InChI is InChI=1S/C13H14Cl2O/c1-4-5-9(2)6-10-7-11(14)13(16-3)12(15)8-10/h7-9H,6H2,1-3H3. The van der Waals surface area contributed by atoms with Crippen LogP contribution in [0.5, 0.6) is 5.75 Å². The second kappa shape index (κ2) is 6.03. The van der Waals surface area contributed by atoms with Gasteiger partial charge < -0.3 is 4.74 Å². The van der Waals surface area contributed by atoms with Crippen molar-refractivity contribution in [1.82, 2.24) is 0 Å². The summed E-state index contributed by atoms with van der Waals surface area (Å²) in [6, 6.07) is 3.75. The third kappa shape index (κ3) is 3.33. The maximum atomic E-state index is 6.05. The van der Waals surface area contributed by atoms with Crippen LogP contribution >= 0.6 is 23.2 Å². The van der Waals surface area contributed by atoms with Crippen molar-refractivity contribution < 1.29 is 4.74 Å². The van der Waals surface area contributed by atoms with Gasteiger partial charge >= 0.3 is 0 Å². The topological polar surface area (TPSA) is 9.23 Å². The Labute approximate surface area is 107 Å². The van der Waals surface area contributed by atoms with E-state index in [2.05, 4.69) is 18.8 Å². The summed E-state index contributed by atoms with van der Waals surface area (Å²) < 4.78 is 5.09. The second-order valence-electron chi connectivity index (χ2n) is 3.59. The van der Waals surface area contributed by atoms with Crippen molar-refractivity contribution in [2.45, 2.75) is 20.3 Å². The Morgan fingerprint density at radius 2 is 1.88 bits per heavy atom. The van der Waals surface area contributed by atoms with Crippen molar-refractivity contribution in [2.75, 3.05) is 7.11 Å². The SMILES string of the molecule is CC#CC(C)Cc1cc(Cl)c(OC)c(Cl)c1. The number of ether oxygens (including phenoxy) is 1. The van der Waals surface area contributed by atoms with E-state index >= 15 is 0 Å². The second-order valence-corrected chi connectivity index (χ2v) is 4.41. The highest BCUT2D eigenvalue weighted by atomic mass is 35.5. The summed E-state index contributed by atoms with van der Waals surface area (Å²) in [4.78, 5) is 0. The first kappa shape index (κ1) is 13.2. The van der Waals surface area contributed by atoms with E-state index in [4.69, 9.17) is 27.9 Å². The molecule has 0 aliphatic carbocycles. The van der Waals surface area contributed by atoms with Gasteiger partial charge in [-0.25, -0.2) is 0 Å². The zero-order chi connectivity index (χ0) is 12.1. The molecule has 0 aliphatic rings. The molecule has 0 aliphatic heterocycles. The average molecular weight is 257 g/mol. The molecule has 3 heteroatoms. The van der Waals surface area contributed by atoms with E-state index in [0.717, 1.165) is 12.0 Å². The maximum absolute atomic E-state index is 6.05. The summed E-state index contributed by atoms with van der Waals surface area (Å²) in [7, 11) is 1.55. The largest absolute Gasteiger partial charge is 0.494 e. The quantitative estimate of drug-likeness (QED) is 0.737. The molecule has 0 bridgehead atoms. The lowest BCUT2D eigenvalue weighted by molar-refractivity contribution is 0.415. The molecule has 0 radical (unpaired) electrons. The third-order valence-electron chi connectivity index (χ3n) is 2.19. The van der Waals surface area contributed by atoms with Gasteiger partial charge in [0.25, 0.3) is 0 Å². The molecule has 16 heavy (non-hydrogen) atoms. The Balaban J connectivity index is 2.94. The van der Waals surface area contributed by atoms with E-state index in [1.165, 1.54) is 0 Å². The number of benzene rings is 1. The van der Waals surface area contributed by atoms with Crippen LogP contribution in [0.25, 0.3) is 0 Å². The summed E-state index contributed by atoms with van der Waals surface area (Å²) in [5.74, 6) is 6.82. The first-order chi connectivity index (χ1) is 7.58. The van der Waals surface area contributed by atoms with Gasteiger partial charge in [-0.2, -0.15) is 0 Å². The number of hydrogen-bond donors (Lipinski definition) is 0. The minimum Gasteiger partial charge on any atom is -0.494 e. The Morgan fingerprint density at radius 1 is 1.31 bits per heavy atom. The maximum Gasteiger partial charge on any atom is 0.156 e. The summed E-state index contributed by atoms with van der Waals surface area (Å²) in [6.07, 6.45) is 0.838. The summed E-state index contributed by atoms with van der Waals surface area (Å²) in [5.41, 5.74) is 1.08. The Bertz CT molecular complexity index is 406. The van der Waals surface area contributed by atoms with Crippen molar-refractivity contribution >= 4 is 23.2 Å². The summed E-state index contributed by atoms with van der Waals surface area (Å²) >= 11 is 12.1. The molecule has 0 heterocycles. The predicted octanol–water partition coefficient (Wildman–Crippen LogP) is 4.20.